The van der Waals surface area contributed by atoms with Crippen molar-refractivity contribution in [1.82, 2.24) is 0 Å². The van der Waals surface area contributed by atoms with Crippen molar-refractivity contribution in [1.29, 1.82) is 0 Å². The molecule has 2 aromatic carbocycles. The van der Waals surface area contributed by atoms with Crippen LogP contribution in [0.5, 0.6) is 5.75 Å². The van der Waals surface area contributed by atoms with E-state index in [4.69, 9.17) is 23.2 Å². The first-order valence-corrected chi connectivity index (χ1v) is 6.29. The summed E-state index contributed by atoms with van der Waals surface area (Å²) >= 11 is 11.8. The molecule has 0 aliphatic carbocycles. The van der Waals surface area contributed by atoms with E-state index in [0.29, 0.717) is 15.7 Å². The monoisotopic (exact) mass is 295 g/mol. The van der Waals surface area contributed by atoms with Crippen LogP contribution in [0.25, 0.3) is 0 Å². The Bertz CT molecular complexity index is 641. The number of aryl methyl sites for hydroxylation is 1. The van der Waals surface area contributed by atoms with Crippen LogP contribution in [-0.2, 0) is 0 Å². The Morgan fingerprint density at radius 2 is 1.89 bits per heavy atom. The summed E-state index contributed by atoms with van der Waals surface area (Å²) in [5, 5.41) is 13.1. The minimum Gasteiger partial charge on any atom is -0.507 e. The first-order chi connectivity index (χ1) is 8.97. The highest BCUT2D eigenvalue weighted by Crippen LogP contribution is 2.26. The topological polar surface area (TPSA) is 49.3 Å². The van der Waals surface area contributed by atoms with Gasteiger partial charge in [0.05, 0.1) is 16.3 Å². The standard InChI is InChI=1S/C14H11Cl2NO2/c1-8-2-4-11(16)12(6-8)17-14(19)10-7-9(15)3-5-13(10)18/h2-7,18H,1H3,(H,17,19). The molecule has 0 radical (unpaired) electrons. The smallest absolute Gasteiger partial charge is 0.259 e. The number of halogens is 2. The maximum atomic E-state index is 12.1. The van der Waals surface area contributed by atoms with Crippen LogP contribution < -0.4 is 5.32 Å². The minimum absolute atomic E-state index is 0.102. The summed E-state index contributed by atoms with van der Waals surface area (Å²) in [6, 6.07) is 9.57. The lowest BCUT2D eigenvalue weighted by Crippen LogP contribution is -2.12. The van der Waals surface area contributed by atoms with Gasteiger partial charge in [0.25, 0.3) is 5.91 Å². The quantitative estimate of drug-likeness (QED) is 0.870. The molecule has 0 aliphatic rings. The van der Waals surface area contributed by atoms with Crippen molar-refractivity contribution in [3.8, 4) is 5.75 Å². The Morgan fingerprint density at radius 3 is 2.63 bits per heavy atom. The van der Waals surface area contributed by atoms with E-state index in [2.05, 4.69) is 5.32 Å². The number of aromatic hydroxyl groups is 1. The fraction of sp³-hybridized carbons (Fsp3) is 0.0714. The second-order valence-corrected chi connectivity index (χ2v) is 4.94. The SMILES string of the molecule is Cc1ccc(Cl)c(NC(=O)c2cc(Cl)ccc2O)c1. The minimum atomic E-state index is -0.465. The molecule has 0 bridgehead atoms. The number of rotatable bonds is 2. The lowest BCUT2D eigenvalue weighted by atomic mass is 10.1. The Balaban J connectivity index is 2.30. The van der Waals surface area contributed by atoms with E-state index >= 15 is 0 Å². The molecular formula is C14H11Cl2NO2. The van der Waals surface area contributed by atoms with Gasteiger partial charge in [0.2, 0.25) is 0 Å². The molecule has 3 nitrogen and oxygen atoms in total. The number of hydrogen-bond donors (Lipinski definition) is 2. The van der Waals surface area contributed by atoms with Crippen LogP contribution in [0, 0.1) is 6.92 Å². The van der Waals surface area contributed by atoms with Crippen molar-refractivity contribution in [2.75, 3.05) is 5.32 Å². The van der Waals surface area contributed by atoms with Gasteiger partial charge in [-0.15, -0.1) is 0 Å². The van der Waals surface area contributed by atoms with Crippen LogP contribution in [0.3, 0.4) is 0 Å². The van der Waals surface area contributed by atoms with Crippen molar-refractivity contribution in [2.45, 2.75) is 6.92 Å². The van der Waals surface area contributed by atoms with Gasteiger partial charge in [0.15, 0.2) is 0 Å². The number of anilines is 1. The van der Waals surface area contributed by atoms with Crippen molar-refractivity contribution < 1.29 is 9.90 Å². The average molecular weight is 296 g/mol. The third kappa shape index (κ3) is 3.19. The maximum absolute atomic E-state index is 12.1. The molecule has 0 saturated carbocycles. The molecule has 1 amide bonds. The Kier molecular flexibility index (Phi) is 3.98. The van der Waals surface area contributed by atoms with Crippen LogP contribution in [0.2, 0.25) is 10.0 Å². The summed E-state index contributed by atoms with van der Waals surface area (Å²) in [4.78, 5) is 12.1. The Morgan fingerprint density at radius 1 is 1.16 bits per heavy atom. The van der Waals surface area contributed by atoms with Gasteiger partial charge in [0, 0.05) is 5.02 Å². The van der Waals surface area contributed by atoms with E-state index in [-0.39, 0.29) is 11.3 Å². The van der Waals surface area contributed by atoms with Crippen molar-refractivity contribution in [2.24, 2.45) is 0 Å². The van der Waals surface area contributed by atoms with Crippen molar-refractivity contribution in [3.63, 3.8) is 0 Å². The zero-order valence-corrected chi connectivity index (χ0v) is 11.6. The van der Waals surface area contributed by atoms with Crippen molar-refractivity contribution >= 4 is 34.8 Å². The molecule has 0 spiro atoms. The van der Waals surface area contributed by atoms with E-state index in [1.165, 1.54) is 18.2 Å². The molecule has 5 heteroatoms. The maximum Gasteiger partial charge on any atom is 0.259 e. The summed E-state index contributed by atoms with van der Waals surface area (Å²) in [5.41, 5.74) is 1.56. The fourth-order valence-corrected chi connectivity index (χ4v) is 1.95. The van der Waals surface area contributed by atoms with E-state index in [1.807, 2.05) is 13.0 Å². The second-order valence-electron chi connectivity index (χ2n) is 4.10. The van der Waals surface area contributed by atoms with E-state index < -0.39 is 5.91 Å². The molecule has 19 heavy (non-hydrogen) atoms. The van der Waals surface area contributed by atoms with Gasteiger partial charge in [0.1, 0.15) is 5.75 Å². The number of nitrogens with one attached hydrogen (secondary N) is 1. The summed E-state index contributed by atoms with van der Waals surface area (Å²) in [6.45, 7) is 1.89. The second kappa shape index (κ2) is 5.51. The van der Waals surface area contributed by atoms with Crippen LogP contribution in [0.1, 0.15) is 15.9 Å². The highest BCUT2D eigenvalue weighted by Gasteiger charge is 2.13. The predicted octanol–water partition coefficient (Wildman–Crippen LogP) is 4.26. The predicted molar refractivity (Wildman–Crippen MR) is 77.3 cm³/mol. The normalized spacial score (nSPS) is 10.3. The highest BCUT2D eigenvalue weighted by molar-refractivity contribution is 6.34. The number of phenols is 1. The number of carbonyl (C=O) groups is 1. The van der Waals surface area contributed by atoms with E-state index in [0.717, 1.165) is 5.56 Å². The van der Waals surface area contributed by atoms with Gasteiger partial charge in [-0.05, 0) is 42.8 Å². The molecule has 0 fully saturated rings. The molecular weight excluding hydrogens is 285 g/mol. The summed E-state index contributed by atoms with van der Waals surface area (Å²) in [7, 11) is 0. The molecule has 98 valence electrons. The zero-order valence-electron chi connectivity index (χ0n) is 10.1. The highest BCUT2D eigenvalue weighted by atomic mass is 35.5. The number of carbonyl (C=O) groups excluding carboxylic acids is 1. The lowest BCUT2D eigenvalue weighted by Gasteiger charge is -2.09. The summed E-state index contributed by atoms with van der Waals surface area (Å²) in [5.74, 6) is -0.599. The molecule has 0 aromatic heterocycles. The van der Waals surface area contributed by atoms with Gasteiger partial charge >= 0.3 is 0 Å². The zero-order chi connectivity index (χ0) is 14.0. The number of amides is 1. The molecule has 0 heterocycles. The van der Waals surface area contributed by atoms with Crippen molar-refractivity contribution in [3.05, 3.63) is 57.6 Å². The number of benzene rings is 2. The van der Waals surface area contributed by atoms with Crippen LogP contribution in [0.4, 0.5) is 5.69 Å². The van der Waals surface area contributed by atoms with Gasteiger partial charge in [-0.25, -0.2) is 0 Å². The largest absolute Gasteiger partial charge is 0.507 e. The number of hydrogen-bond acceptors (Lipinski definition) is 2. The molecule has 2 N–H and O–H groups in total. The van der Waals surface area contributed by atoms with E-state index in [9.17, 15) is 9.90 Å². The third-order valence-electron chi connectivity index (χ3n) is 2.57. The van der Waals surface area contributed by atoms with Gasteiger partial charge < -0.3 is 10.4 Å². The molecule has 0 unspecified atom stereocenters. The van der Waals surface area contributed by atoms with Gasteiger partial charge in [-0.1, -0.05) is 29.3 Å². The van der Waals surface area contributed by atoms with Gasteiger partial charge in [-0.2, -0.15) is 0 Å². The van der Waals surface area contributed by atoms with Gasteiger partial charge in [-0.3, -0.25) is 4.79 Å². The first-order valence-electron chi connectivity index (χ1n) is 5.53. The molecule has 0 saturated heterocycles. The molecule has 2 aromatic rings. The Labute approximate surface area is 120 Å². The third-order valence-corrected chi connectivity index (χ3v) is 3.14. The fourth-order valence-electron chi connectivity index (χ4n) is 1.61. The average Bonchev–Trinajstić information content (AvgIpc) is 2.36. The lowest BCUT2D eigenvalue weighted by molar-refractivity contribution is 0.102. The van der Waals surface area contributed by atoms with E-state index in [1.54, 1.807) is 12.1 Å². The molecule has 2 rings (SSSR count). The summed E-state index contributed by atoms with van der Waals surface area (Å²) < 4.78 is 0. The molecule has 0 aliphatic heterocycles. The van der Waals surface area contributed by atoms with Crippen LogP contribution in [0.15, 0.2) is 36.4 Å². The number of phenolic OH excluding ortho intramolecular Hbond substituents is 1. The summed E-state index contributed by atoms with van der Waals surface area (Å²) in [6.07, 6.45) is 0. The first kappa shape index (κ1) is 13.7. The Hall–Kier alpha value is -1.71. The van der Waals surface area contributed by atoms with Crippen LogP contribution in [-0.4, -0.2) is 11.0 Å². The molecule has 0 atom stereocenters. The van der Waals surface area contributed by atoms with Crippen LogP contribution >= 0.6 is 23.2 Å².